The van der Waals surface area contributed by atoms with Gasteiger partial charge in [-0.25, -0.2) is 0 Å². The van der Waals surface area contributed by atoms with E-state index in [-0.39, 0.29) is 0 Å². The summed E-state index contributed by atoms with van der Waals surface area (Å²) < 4.78 is 0. The monoisotopic (exact) mass is 243 g/mol. The van der Waals surface area contributed by atoms with Crippen LogP contribution in [0.3, 0.4) is 0 Å². The van der Waals surface area contributed by atoms with Gasteiger partial charge >= 0.3 is 9.28 Å². The topological polar surface area (TPSA) is 162 Å². The molecular formula is C6H15O8Si. The lowest BCUT2D eigenvalue weighted by atomic mass is 10.0. The Morgan fingerprint density at radius 1 is 0.800 bits per heavy atom. The second-order valence-corrected chi connectivity index (χ2v) is 4.33. The highest BCUT2D eigenvalue weighted by molar-refractivity contribution is 6.42. The van der Waals surface area contributed by atoms with Crippen LogP contribution in [0.25, 0.3) is 0 Å². The van der Waals surface area contributed by atoms with Crippen molar-refractivity contribution in [2.24, 2.45) is 0 Å². The molecule has 0 heterocycles. The molecule has 0 fully saturated rings. The SMILES string of the molecule is OC[C@H](O)[C@@H](O)[C@@H](O)[C@@H](O)C(O)[Si](O)O. The van der Waals surface area contributed by atoms with E-state index in [0.29, 0.717) is 0 Å². The van der Waals surface area contributed by atoms with Crippen LogP contribution < -0.4 is 0 Å². The zero-order chi connectivity index (χ0) is 12.2. The third-order valence-electron chi connectivity index (χ3n) is 1.87. The van der Waals surface area contributed by atoms with Gasteiger partial charge in [-0.2, -0.15) is 0 Å². The Kier molecular flexibility index (Phi) is 6.43. The van der Waals surface area contributed by atoms with Crippen molar-refractivity contribution < 1.29 is 40.2 Å². The van der Waals surface area contributed by atoms with Crippen molar-refractivity contribution in [2.75, 3.05) is 6.61 Å². The Hall–Kier alpha value is -0.103. The molecule has 0 aliphatic heterocycles. The minimum absolute atomic E-state index is 0.850. The van der Waals surface area contributed by atoms with E-state index in [1.165, 1.54) is 0 Å². The quantitative estimate of drug-likeness (QED) is 0.215. The fourth-order valence-electron chi connectivity index (χ4n) is 0.877. The predicted molar refractivity (Wildman–Crippen MR) is 47.3 cm³/mol. The van der Waals surface area contributed by atoms with Gasteiger partial charge in [0, 0.05) is 0 Å². The summed E-state index contributed by atoms with van der Waals surface area (Å²) in [6.45, 7) is -0.850. The maximum absolute atomic E-state index is 9.17. The van der Waals surface area contributed by atoms with Crippen LogP contribution in [0.2, 0.25) is 0 Å². The summed E-state index contributed by atoms with van der Waals surface area (Å²) in [6.07, 6.45) is -7.62. The molecule has 0 spiro atoms. The smallest absolute Gasteiger partial charge is 0.408 e. The average Bonchev–Trinajstić information content (AvgIpc) is 2.23. The van der Waals surface area contributed by atoms with Crippen LogP contribution in [0, 0.1) is 0 Å². The molecule has 0 rings (SSSR count). The lowest BCUT2D eigenvalue weighted by Gasteiger charge is -2.28. The molecule has 9 heteroatoms. The van der Waals surface area contributed by atoms with Crippen molar-refractivity contribution in [3.05, 3.63) is 0 Å². The first-order chi connectivity index (χ1) is 6.82. The molecule has 8 nitrogen and oxygen atoms in total. The number of aliphatic hydroxyl groups excluding tert-OH is 6. The predicted octanol–water partition coefficient (Wildman–Crippen LogP) is -5.20. The fraction of sp³-hybridized carbons (Fsp3) is 1.00. The Labute approximate surface area is 87.1 Å². The van der Waals surface area contributed by atoms with Gasteiger partial charge in [0.2, 0.25) is 0 Å². The number of hydrogen-bond acceptors (Lipinski definition) is 8. The molecule has 1 radical (unpaired) electrons. The van der Waals surface area contributed by atoms with Crippen LogP contribution in [0.4, 0.5) is 0 Å². The van der Waals surface area contributed by atoms with Gasteiger partial charge in [0.05, 0.1) is 6.61 Å². The molecule has 0 saturated carbocycles. The van der Waals surface area contributed by atoms with E-state index in [9.17, 15) is 5.11 Å². The molecule has 0 saturated heterocycles. The second kappa shape index (κ2) is 6.47. The van der Waals surface area contributed by atoms with Crippen molar-refractivity contribution >= 4 is 9.28 Å². The third-order valence-corrected chi connectivity index (χ3v) is 2.74. The second-order valence-electron chi connectivity index (χ2n) is 3.02. The minimum Gasteiger partial charge on any atom is -0.408 e. The molecule has 0 amide bonds. The lowest BCUT2D eigenvalue weighted by molar-refractivity contribution is -0.132. The molecule has 0 aromatic carbocycles. The van der Waals surface area contributed by atoms with Crippen molar-refractivity contribution in [3.8, 4) is 0 Å². The highest BCUT2D eigenvalue weighted by Gasteiger charge is 2.38. The average molecular weight is 243 g/mol. The first-order valence-electron chi connectivity index (χ1n) is 4.08. The van der Waals surface area contributed by atoms with Crippen molar-refractivity contribution in [1.29, 1.82) is 0 Å². The Morgan fingerprint density at radius 3 is 1.60 bits per heavy atom. The van der Waals surface area contributed by atoms with E-state index in [1.807, 2.05) is 0 Å². The molecule has 0 aromatic heterocycles. The molecule has 15 heavy (non-hydrogen) atoms. The zero-order valence-corrected chi connectivity index (χ0v) is 8.67. The van der Waals surface area contributed by atoms with E-state index >= 15 is 0 Å². The fourth-order valence-corrected chi connectivity index (χ4v) is 1.38. The van der Waals surface area contributed by atoms with E-state index in [2.05, 4.69) is 0 Å². The van der Waals surface area contributed by atoms with Gasteiger partial charge in [0.15, 0.2) is 0 Å². The molecule has 0 aliphatic rings. The van der Waals surface area contributed by atoms with Crippen molar-refractivity contribution in [2.45, 2.75) is 30.1 Å². The third kappa shape index (κ3) is 4.10. The molecule has 1 unspecified atom stereocenters. The maximum Gasteiger partial charge on any atom is 0.413 e. The van der Waals surface area contributed by atoms with Gasteiger partial charge in [-0.05, 0) is 0 Å². The molecule has 5 atom stereocenters. The normalized spacial score (nSPS) is 22.2. The number of hydrogen-bond donors (Lipinski definition) is 8. The molecule has 91 valence electrons. The molecule has 0 aromatic rings. The molecule has 0 aliphatic carbocycles. The van der Waals surface area contributed by atoms with Crippen molar-refractivity contribution in [3.63, 3.8) is 0 Å². The summed E-state index contributed by atoms with van der Waals surface area (Å²) in [4.78, 5) is 17.1. The lowest BCUT2D eigenvalue weighted by Crippen LogP contribution is -2.54. The largest absolute Gasteiger partial charge is 0.413 e. The van der Waals surface area contributed by atoms with E-state index in [4.69, 9.17) is 35.1 Å². The van der Waals surface area contributed by atoms with Crippen LogP contribution >= 0.6 is 0 Å². The number of rotatable bonds is 6. The van der Waals surface area contributed by atoms with Gasteiger partial charge in [-0.3, -0.25) is 0 Å². The summed E-state index contributed by atoms with van der Waals surface area (Å²) in [6, 6.07) is 0. The van der Waals surface area contributed by atoms with Crippen LogP contribution in [0.15, 0.2) is 0 Å². The summed E-state index contributed by atoms with van der Waals surface area (Å²) >= 11 is 0. The number of aliphatic hydroxyl groups is 6. The molecule has 0 bridgehead atoms. The van der Waals surface area contributed by atoms with E-state index < -0.39 is 46.0 Å². The van der Waals surface area contributed by atoms with Crippen LogP contribution in [0.5, 0.6) is 0 Å². The molecular weight excluding hydrogens is 228 g/mol. The van der Waals surface area contributed by atoms with Gasteiger partial charge in [0.1, 0.15) is 30.1 Å². The highest BCUT2D eigenvalue weighted by atomic mass is 28.3. The van der Waals surface area contributed by atoms with Gasteiger partial charge in [0.25, 0.3) is 0 Å². The van der Waals surface area contributed by atoms with E-state index in [0.717, 1.165) is 0 Å². The van der Waals surface area contributed by atoms with Gasteiger partial charge in [-0.1, -0.05) is 0 Å². The van der Waals surface area contributed by atoms with Crippen LogP contribution in [-0.4, -0.2) is 86.3 Å². The summed E-state index contributed by atoms with van der Waals surface area (Å²) in [5, 5.41) is 53.7. The van der Waals surface area contributed by atoms with Crippen LogP contribution in [0.1, 0.15) is 0 Å². The van der Waals surface area contributed by atoms with Crippen molar-refractivity contribution in [1.82, 2.24) is 0 Å². The van der Waals surface area contributed by atoms with Gasteiger partial charge in [-0.15, -0.1) is 0 Å². The zero-order valence-electron chi connectivity index (χ0n) is 7.67. The summed E-state index contributed by atoms with van der Waals surface area (Å²) in [5.41, 5.74) is -1.99. The van der Waals surface area contributed by atoms with Crippen LogP contribution in [-0.2, 0) is 0 Å². The first-order valence-corrected chi connectivity index (χ1v) is 5.56. The Bertz CT molecular complexity index is 179. The Morgan fingerprint density at radius 2 is 1.27 bits per heavy atom. The Balaban J connectivity index is 4.36. The van der Waals surface area contributed by atoms with E-state index in [1.54, 1.807) is 0 Å². The first kappa shape index (κ1) is 14.9. The maximum atomic E-state index is 9.17. The van der Waals surface area contributed by atoms with Gasteiger partial charge < -0.3 is 40.2 Å². The standard InChI is InChI=1S/C6H15O8Si/c7-1-2(8)3(9)4(10)5(11)6(12)15(13)14/h2-14H,1H2/t2-,3+,4+,5+,6?/m0/s1. The summed E-state index contributed by atoms with van der Waals surface area (Å²) in [5.74, 6) is 0. The minimum atomic E-state index is -3.23. The summed E-state index contributed by atoms with van der Waals surface area (Å²) in [7, 11) is -3.23. The highest BCUT2D eigenvalue weighted by Crippen LogP contribution is 2.08. The molecule has 8 N–H and O–H groups in total.